The molecule has 2 heterocycles. The van der Waals surface area contributed by atoms with E-state index in [2.05, 4.69) is 16.1 Å². The molecule has 134 valence electrons. The molecule has 25 heavy (non-hydrogen) atoms. The Morgan fingerprint density at radius 1 is 1.20 bits per heavy atom. The fraction of sp³-hybridized carbons (Fsp3) is 0.444. The Morgan fingerprint density at radius 3 is 2.60 bits per heavy atom. The Kier molecular flexibility index (Phi) is 5.99. The van der Waals surface area contributed by atoms with Crippen molar-refractivity contribution >= 4 is 29.1 Å². The topological polar surface area (TPSA) is 41.4 Å². The highest BCUT2D eigenvalue weighted by Gasteiger charge is 2.21. The molecule has 3 rings (SSSR count). The number of nitrogens with zero attached hydrogens (tertiary/aromatic N) is 4. The first-order chi connectivity index (χ1) is 12.0. The summed E-state index contributed by atoms with van der Waals surface area (Å²) in [6, 6.07) is 7.94. The molecule has 0 unspecified atom stereocenters. The zero-order valence-electron chi connectivity index (χ0n) is 14.3. The molecule has 1 amide bonds. The number of piperazine rings is 1. The quantitative estimate of drug-likeness (QED) is 0.799. The van der Waals surface area contributed by atoms with Gasteiger partial charge in [-0.05, 0) is 24.6 Å². The molecule has 1 aromatic carbocycles. The number of carbonyl (C=O) groups is 1. The van der Waals surface area contributed by atoms with Crippen LogP contribution in [0.4, 0.5) is 0 Å². The van der Waals surface area contributed by atoms with Gasteiger partial charge in [-0.15, -0.1) is 0 Å². The maximum Gasteiger partial charge on any atom is 0.224 e. The van der Waals surface area contributed by atoms with Gasteiger partial charge in [0.2, 0.25) is 5.91 Å². The molecule has 0 atom stereocenters. The van der Waals surface area contributed by atoms with Crippen molar-refractivity contribution in [3.8, 4) is 0 Å². The summed E-state index contributed by atoms with van der Waals surface area (Å²) in [4.78, 5) is 16.7. The van der Waals surface area contributed by atoms with Gasteiger partial charge >= 0.3 is 0 Å². The molecular formula is C18H22Cl2N4O. The molecule has 5 nitrogen and oxygen atoms in total. The van der Waals surface area contributed by atoms with Crippen molar-refractivity contribution in [3.05, 3.63) is 51.8 Å². The molecule has 0 saturated carbocycles. The van der Waals surface area contributed by atoms with Gasteiger partial charge in [0.1, 0.15) is 0 Å². The van der Waals surface area contributed by atoms with E-state index in [1.807, 2.05) is 30.0 Å². The summed E-state index contributed by atoms with van der Waals surface area (Å²) >= 11 is 12.0. The van der Waals surface area contributed by atoms with Crippen LogP contribution < -0.4 is 0 Å². The van der Waals surface area contributed by atoms with Gasteiger partial charge in [0, 0.05) is 44.2 Å². The predicted octanol–water partition coefficient (Wildman–Crippen LogP) is 3.23. The average Bonchev–Trinajstić information content (AvgIpc) is 2.92. The smallest absolute Gasteiger partial charge is 0.224 e. The van der Waals surface area contributed by atoms with E-state index in [0.717, 1.165) is 43.4 Å². The summed E-state index contributed by atoms with van der Waals surface area (Å²) in [7, 11) is 0. The van der Waals surface area contributed by atoms with E-state index in [1.165, 1.54) is 5.56 Å². The Morgan fingerprint density at radius 2 is 1.96 bits per heavy atom. The third-order valence-corrected chi connectivity index (χ3v) is 5.21. The molecule has 0 aliphatic carbocycles. The zero-order valence-corrected chi connectivity index (χ0v) is 15.8. The molecular weight excluding hydrogens is 359 g/mol. The van der Waals surface area contributed by atoms with Crippen LogP contribution in [0, 0.1) is 6.92 Å². The van der Waals surface area contributed by atoms with Crippen molar-refractivity contribution < 1.29 is 4.79 Å². The van der Waals surface area contributed by atoms with Gasteiger partial charge in [-0.2, -0.15) is 5.10 Å². The normalized spacial score (nSPS) is 15.6. The van der Waals surface area contributed by atoms with Crippen molar-refractivity contribution in [2.45, 2.75) is 26.4 Å². The zero-order chi connectivity index (χ0) is 17.8. The van der Waals surface area contributed by atoms with Crippen molar-refractivity contribution in [1.82, 2.24) is 19.6 Å². The lowest BCUT2D eigenvalue weighted by Crippen LogP contribution is -2.48. The minimum Gasteiger partial charge on any atom is -0.340 e. The Balaban J connectivity index is 1.45. The lowest BCUT2D eigenvalue weighted by atomic mass is 10.2. The second kappa shape index (κ2) is 8.21. The first-order valence-corrected chi connectivity index (χ1v) is 9.21. The number of hydrogen-bond acceptors (Lipinski definition) is 3. The van der Waals surface area contributed by atoms with E-state index in [0.29, 0.717) is 18.0 Å². The summed E-state index contributed by atoms with van der Waals surface area (Å²) in [5, 5.41) is 5.60. The Bertz CT molecular complexity index is 738. The number of benzene rings is 1. The van der Waals surface area contributed by atoms with E-state index in [-0.39, 0.29) is 5.91 Å². The van der Waals surface area contributed by atoms with E-state index in [4.69, 9.17) is 23.2 Å². The van der Waals surface area contributed by atoms with Gasteiger partial charge in [-0.25, -0.2) is 0 Å². The molecule has 0 radical (unpaired) electrons. The molecule has 1 aromatic heterocycles. The molecule has 0 bridgehead atoms. The summed E-state index contributed by atoms with van der Waals surface area (Å²) in [5.41, 5.74) is 2.11. The number of amides is 1. The first-order valence-electron chi connectivity index (χ1n) is 8.45. The van der Waals surface area contributed by atoms with Crippen molar-refractivity contribution in [2.24, 2.45) is 0 Å². The first kappa shape index (κ1) is 18.2. The van der Waals surface area contributed by atoms with Crippen LogP contribution in [0.3, 0.4) is 0 Å². The summed E-state index contributed by atoms with van der Waals surface area (Å²) in [6.45, 7) is 6.63. The van der Waals surface area contributed by atoms with Crippen molar-refractivity contribution in [3.63, 3.8) is 0 Å². The molecule has 0 spiro atoms. The standard InChI is InChI=1S/C18H22Cl2N4O/c1-14-17(20)12-21-24(14)6-5-18(25)23-9-7-22(8-10-23)13-15-3-2-4-16(19)11-15/h2-4,11-12H,5-10,13H2,1H3. The number of carbonyl (C=O) groups excluding carboxylic acids is 1. The highest BCUT2D eigenvalue weighted by Crippen LogP contribution is 2.15. The SMILES string of the molecule is Cc1c(Cl)cnn1CCC(=O)N1CCN(Cc2cccc(Cl)c2)CC1. The third-order valence-electron chi connectivity index (χ3n) is 4.60. The monoisotopic (exact) mass is 380 g/mol. The van der Waals surface area contributed by atoms with Crippen LogP contribution >= 0.6 is 23.2 Å². The lowest BCUT2D eigenvalue weighted by molar-refractivity contribution is -0.133. The van der Waals surface area contributed by atoms with Crippen molar-refractivity contribution in [2.75, 3.05) is 26.2 Å². The van der Waals surface area contributed by atoms with Gasteiger partial charge in [0.25, 0.3) is 0 Å². The van der Waals surface area contributed by atoms with Gasteiger partial charge in [0.05, 0.1) is 23.5 Å². The van der Waals surface area contributed by atoms with Crippen LogP contribution in [0.15, 0.2) is 30.5 Å². The average molecular weight is 381 g/mol. The van der Waals surface area contributed by atoms with Gasteiger partial charge in [0.15, 0.2) is 0 Å². The number of rotatable bonds is 5. The Hall–Kier alpha value is -1.56. The van der Waals surface area contributed by atoms with Crippen LogP contribution in [0.1, 0.15) is 17.7 Å². The van der Waals surface area contributed by atoms with E-state index in [9.17, 15) is 4.79 Å². The maximum atomic E-state index is 12.4. The fourth-order valence-corrected chi connectivity index (χ4v) is 3.41. The highest BCUT2D eigenvalue weighted by atomic mass is 35.5. The molecule has 2 aromatic rings. The second-order valence-corrected chi connectivity index (χ2v) is 7.18. The van der Waals surface area contributed by atoms with Gasteiger partial charge in [-0.3, -0.25) is 14.4 Å². The molecule has 1 fully saturated rings. The van der Waals surface area contributed by atoms with Crippen molar-refractivity contribution in [1.29, 1.82) is 0 Å². The molecule has 1 aliphatic rings. The fourth-order valence-electron chi connectivity index (χ4n) is 3.06. The van der Waals surface area contributed by atoms with Gasteiger partial charge < -0.3 is 4.90 Å². The van der Waals surface area contributed by atoms with E-state index < -0.39 is 0 Å². The van der Waals surface area contributed by atoms with Crippen LogP contribution in [0.2, 0.25) is 10.0 Å². The van der Waals surface area contributed by atoms with E-state index in [1.54, 1.807) is 10.9 Å². The van der Waals surface area contributed by atoms with Gasteiger partial charge in [-0.1, -0.05) is 35.3 Å². The number of hydrogen-bond donors (Lipinski definition) is 0. The summed E-state index contributed by atoms with van der Waals surface area (Å²) in [6.07, 6.45) is 2.07. The van der Waals surface area contributed by atoms with Crippen LogP contribution in [-0.2, 0) is 17.9 Å². The molecule has 7 heteroatoms. The largest absolute Gasteiger partial charge is 0.340 e. The minimum absolute atomic E-state index is 0.174. The molecule has 1 saturated heterocycles. The predicted molar refractivity (Wildman–Crippen MR) is 99.9 cm³/mol. The third kappa shape index (κ3) is 4.75. The summed E-state index contributed by atoms with van der Waals surface area (Å²) < 4.78 is 1.79. The van der Waals surface area contributed by atoms with Crippen LogP contribution in [0.5, 0.6) is 0 Å². The number of halogens is 2. The number of aromatic nitrogens is 2. The lowest BCUT2D eigenvalue weighted by Gasteiger charge is -2.34. The summed E-state index contributed by atoms with van der Waals surface area (Å²) in [5.74, 6) is 0.174. The highest BCUT2D eigenvalue weighted by molar-refractivity contribution is 6.31. The molecule has 0 N–H and O–H groups in total. The Labute approximate surface area is 158 Å². The van der Waals surface area contributed by atoms with Crippen LogP contribution in [0.25, 0.3) is 0 Å². The maximum absolute atomic E-state index is 12.4. The van der Waals surface area contributed by atoms with E-state index >= 15 is 0 Å². The minimum atomic E-state index is 0.174. The second-order valence-electron chi connectivity index (χ2n) is 6.34. The number of aryl methyl sites for hydroxylation is 1. The molecule has 1 aliphatic heterocycles. The van der Waals surface area contributed by atoms with Crippen LogP contribution in [-0.4, -0.2) is 51.7 Å².